The number of nitrogens with zero attached hydrogens (tertiary/aromatic N) is 1. The molecule has 0 amide bonds. The van der Waals surface area contributed by atoms with Crippen molar-refractivity contribution in [1.29, 1.82) is 0 Å². The van der Waals surface area contributed by atoms with Gasteiger partial charge in [-0.25, -0.2) is 0 Å². The van der Waals surface area contributed by atoms with Crippen LogP contribution in [0.1, 0.15) is 40.5 Å². The van der Waals surface area contributed by atoms with Crippen molar-refractivity contribution in [2.45, 2.75) is 46.1 Å². The average Bonchev–Trinajstić information content (AvgIpc) is 2.27. The maximum Gasteiger partial charge on any atom is 0.307 e. The quantitative estimate of drug-likeness (QED) is 0.666. The summed E-state index contributed by atoms with van der Waals surface area (Å²) in [7, 11) is 0. The van der Waals surface area contributed by atoms with Crippen LogP contribution < -0.4 is 0 Å². The van der Waals surface area contributed by atoms with Gasteiger partial charge in [-0.1, -0.05) is 27.7 Å². The first kappa shape index (κ1) is 15.4. The standard InChI is InChI=1S/C12H25NO3/c1-5-12(16,6-2)9-13(7-3)8-10(4)11(14)15/h10,16H,5-9H2,1-4H3,(H,14,15). The van der Waals surface area contributed by atoms with Gasteiger partial charge in [0, 0.05) is 13.1 Å². The molecule has 2 N–H and O–H groups in total. The average molecular weight is 231 g/mol. The molecular weight excluding hydrogens is 206 g/mol. The molecule has 4 heteroatoms. The first-order chi connectivity index (χ1) is 7.38. The van der Waals surface area contributed by atoms with Crippen molar-refractivity contribution in [2.75, 3.05) is 19.6 Å². The molecule has 96 valence electrons. The van der Waals surface area contributed by atoms with Gasteiger partial charge in [0.25, 0.3) is 0 Å². The van der Waals surface area contributed by atoms with Crippen LogP contribution in [0.3, 0.4) is 0 Å². The Hall–Kier alpha value is -0.610. The van der Waals surface area contributed by atoms with Crippen LogP contribution in [0.5, 0.6) is 0 Å². The molecule has 0 saturated carbocycles. The summed E-state index contributed by atoms with van der Waals surface area (Å²) >= 11 is 0. The van der Waals surface area contributed by atoms with Crippen molar-refractivity contribution in [2.24, 2.45) is 5.92 Å². The molecule has 0 spiro atoms. The van der Waals surface area contributed by atoms with Gasteiger partial charge in [-0.05, 0) is 19.4 Å². The zero-order valence-electron chi connectivity index (χ0n) is 10.9. The Kier molecular flexibility index (Phi) is 6.60. The van der Waals surface area contributed by atoms with E-state index in [2.05, 4.69) is 0 Å². The summed E-state index contributed by atoms with van der Waals surface area (Å²) < 4.78 is 0. The SMILES string of the molecule is CCN(CC(C)C(=O)O)CC(O)(CC)CC. The zero-order valence-corrected chi connectivity index (χ0v) is 10.9. The van der Waals surface area contributed by atoms with E-state index in [1.165, 1.54) is 0 Å². The highest BCUT2D eigenvalue weighted by Gasteiger charge is 2.26. The first-order valence-corrected chi connectivity index (χ1v) is 6.06. The molecule has 4 nitrogen and oxygen atoms in total. The Labute approximate surface area is 98.3 Å². The molecule has 0 aromatic carbocycles. The fourth-order valence-electron chi connectivity index (χ4n) is 1.66. The number of aliphatic hydroxyl groups is 1. The molecule has 16 heavy (non-hydrogen) atoms. The van der Waals surface area contributed by atoms with Crippen LogP contribution in [0.25, 0.3) is 0 Å². The second-order valence-corrected chi connectivity index (χ2v) is 4.50. The smallest absolute Gasteiger partial charge is 0.307 e. The van der Waals surface area contributed by atoms with Gasteiger partial charge in [-0.15, -0.1) is 0 Å². The highest BCUT2D eigenvalue weighted by atomic mass is 16.4. The Bertz CT molecular complexity index is 214. The highest BCUT2D eigenvalue weighted by molar-refractivity contribution is 5.69. The van der Waals surface area contributed by atoms with E-state index in [1.54, 1.807) is 6.92 Å². The molecule has 0 aromatic heterocycles. The van der Waals surface area contributed by atoms with Gasteiger partial charge in [0.05, 0.1) is 11.5 Å². The molecule has 0 aliphatic rings. The van der Waals surface area contributed by atoms with Crippen LogP contribution >= 0.6 is 0 Å². The maximum absolute atomic E-state index is 10.8. The van der Waals surface area contributed by atoms with Gasteiger partial charge in [-0.2, -0.15) is 0 Å². The zero-order chi connectivity index (χ0) is 12.8. The first-order valence-electron chi connectivity index (χ1n) is 6.06. The number of carboxylic acid groups (broad SMARTS) is 1. The fourth-order valence-corrected chi connectivity index (χ4v) is 1.66. The largest absolute Gasteiger partial charge is 0.481 e. The number of aliphatic carboxylic acids is 1. The van der Waals surface area contributed by atoms with Gasteiger partial charge in [0.15, 0.2) is 0 Å². The molecule has 0 bridgehead atoms. The molecule has 0 aliphatic carbocycles. The minimum absolute atomic E-state index is 0.391. The van der Waals surface area contributed by atoms with E-state index in [0.29, 0.717) is 25.9 Å². The van der Waals surface area contributed by atoms with Gasteiger partial charge < -0.3 is 10.2 Å². The lowest BCUT2D eigenvalue weighted by Crippen LogP contribution is -2.44. The van der Waals surface area contributed by atoms with E-state index in [0.717, 1.165) is 6.54 Å². The van der Waals surface area contributed by atoms with Crippen molar-refractivity contribution in [1.82, 2.24) is 4.90 Å². The van der Waals surface area contributed by atoms with E-state index in [4.69, 9.17) is 5.11 Å². The summed E-state index contributed by atoms with van der Waals surface area (Å²) in [6.07, 6.45) is 1.39. The summed E-state index contributed by atoms with van der Waals surface area (Å²) in [5, 5.41) is 19.0. The van der Waals surface area contributed by atoms with Gasteiger partial charge in [0.1, 0.15) is 0 Å². The number of hydrogen-bond acceptors (Lipinski definition) is 3. The van der Waals surface area contributed by atoms with E-state index in [1.807, 2.05) is 25.7 Å². The minimum Gasteiger partial charge on any atom is -0.481 e. The number of carboxylic acids is 1. The number of carbonyl (C=O) groups is 1. The number of likely N-dealkylation sites (N-methyl/N-ethyl adjacent to an activating group) is 1. The molecule has 1 unspecified atom stereocenters. The molecule has 0 saturated heterocycles. The fraction of sp³-hybridized carbons (Fsp3) is 0.917. The Morgan fingerprint density at radius 3 is 2.12 bits per heavy atom. The van der Waals surface area contributed by atoms with E-state index < -0.39 is 17.5 Å². The molecule has 0 aliphatic heterocycles. The lowest BCUT2D eigenvalue weighted by atomic mass is 9.96. The third kappa shape index (κ3) is 4.94. The maximum atomic E-state index is 10.8. The van der Waals surface area contributed by atoms with Crippen molar-refractivity contribution in [3.63, 3.8) is 0 Å². The third-order valence-corrected chi connectivity index (χ3v) is 3.23. The van der Waals surface area contributed by atoms with Crippen LogP contribution in [-0.2, 0) is 4.79 Å². The van der Waals surface area contributed by atoms with Crippen LogP contribution in [0.4, 0.5) is 0 Å². The van der Waals surface area contributed by atoms with Crippen LogP contribution in [0, 0.1) is 5.92 Å². The van der Waals surface area contributed by atoms with Gasteiger partial charge in [-0.3, -0.25) is 9.69 Å². The van der Waals surface area contributed by atoms with Gasteiger partial charge in [0.2, 0.25) is 0 Å². The normalized spacial score (nSPS) is 14.1. The molecule has 0 rings (SSSR count). The molecule has 1 atom stereocenters. The Morgan fingerprint density at radius 2 is 1.81 bits per heavy atom. The van der Waals surface area contributed by atoms with Crippen molar-refractivity contribution in [3.8, 4) is 0 Å². The van der Waals surface area contributed by atoms with E-state index in [-0.39, 0.29) is 0 Å². The summed E-state index contributed by atoms with van der Waals surface area (Å²) in [4.78, 5) is 12.8. The Balaban J connectivity index is 4.34. The highest BCUT2D eigenvalue weighted by Crippen LogP contribution is 2.17. The number of hydrogen-bond donors (Lipinski definition) is 2. The third-order valence-electron chi connectivity index (χ3n) is 3.23. The van der Waals surface area contributed by atoms with E-state index >= 15 is 0 Å². The molecule has 0 fully saturated rings. The topological polar surface area (TPSA) is 60.8 Å². The summed E-state index contributed by atoms with van der Waals surface area (Å²) in [6.45, 7) is 9.40. The second kappa shape index (κ2) is 6.86. The Morgan fingerprint density at radius 1 is 1.31 bits per heavy atom. The molecule has 0 heterocycles. The second-order valence-electron chi connectivity index (χ2n) is 4.50. The summed E-state index contributed by atoms with van der Waals surface area (Å²) in [5.74, 6) is -1.17. The summed E-state index contributed by atoms with van der Waals surface area (Å²) in [6, 6.07) is 0. The van der Waals surface area contributed by atoms with E-state index in [9.17, 15) is 9.90 Å². The summed E-state index contributed by atoms with van der Waals surface area (Å²) in [5.41, 5.74) is -0.686. The number of rotatable bonds is 8. The van der Waals surface area contributed by atoms with Crippen molar-refractivity contribution in [3.05, 3.63) is 0 Å². The predicted molar refractivity (Wildman–Crippen MR) is 64.4 cm³/mol. The van der Waals surface area contributed by atoms with Crippen LogP contribution in [0.2, 0.25) is 0 Å². The van der Waals surface area contributed by atoms with Crippen molar-refractivity contribution >= 4 is 5.97 Å². The van der Waals surface area contributed by atoms with Crippen LogP contribution in [0.15, 0.2) is 0 Å². The lowest BCUT2D eigenvalue weighted by Gasteiger charge is -2.33. The van der Waals surface area contributed by atoms with Crippen molar-refractivity contribution < 1.29 is 15.0 Å². The molecular formula is C12H25NO3. The lowest BCUT2D eigenvalue weighted by molar-refractivity contribution is -0.142. The molecule has 0 radical (unpaired) electrons. The van der Waals surface area contributed by atoms with Gasteiger partial charge >= 0.3 is 5.97 Å². The monoisotopic (exact) mass is 231 g/mol. The van der Waals surface area contributed by atoms with Crippen LogP contribution in [-0.4, -0.2) is 46.3 Å². The predicted octanol–water partition coefficient (Wildman–Crippen LogP) is 1.58. The molecule has 0 aromatic rings. The minimum atomic E-state index is -0.782.